The Hall–Kier alpha value is -0.913. The Bertz CT molecular complexity index is 447. The van der Waals surface area contributed by atoms with E-state index in [4.69, 9.17) is 9.16 Å². The molecule has 0 N–H and O–H groups in total. The van der Waals surface area contributed by atoms with E-state index in [-0.39, 0.29) is 5.04 Å². The van der Waals surface area contributed by atoms with Gasteiger partial charge in [0, 0.05) is 19.4 Å². The van der Waals surface area contributed by atoms with Gasteiger partial charge in [0.05, 0.1) is 12.0 Å². The molecule has 0 saturated heterocycles. The van der Waals surface area contributed by atoms with Gasteiger partial charge in [-0.25, -0.2) is 4.98 Å². The van der Waals surface area contributed by atoms with Gasteiger partial charge in [-0.15, -0.1) is 0 Å². The normalized spacial score (nSPS) is 13.2. The van der Waals surface area contributed by atoms with Crippen molar-refractivity contribution in [3.63, 3.8) is 0 Å². The Labute approximate surface area is 130 Å². The molecule has 0 aromatic carbocycles. The minimum Gasteiger partial charge on any atom is -0.417 e. The highest BCUT2D eigenvalue weighted by atomic mass is 28.4. The lowest BCUT2D eigenvalue weighted by Gasteiger charge is -2.36. The zero-order valence-electron chi connectivity index (χ0n) is 14.3. The molecule has 0 aliphatic heterocycles. The van der Waals surface area contributed by atoms with E-state index in [1.54, 1.807) is 6.33 Å². The molecule has 1 rings (SSSR count). The summed E-state index contributed by atoms with van der Waals surface area (Å²) in [5.41, 5.74) is 0.960. The van der Waals surface area contributed by atoms with Crippen LogP contribution in [0.3, 0.4) is 0 Å². The molecule has 0 aliphatic carbocycles. The van der Waals surface area contributed by atoms with Crippen molar-refractivity contribution in [3.05, 3.63) is 24.3 Å². The maximum atomic E-state index is 6.13. The van der Waals surface area contributed by atoms with E-state index in [9.17, 15) is 0 Å². The van der Waals surface area contributed by atoms with E-state index >= 15 is 0 Å². The van der Waals surface area contributed by atoms with Gasteiger partial charge in [-0.3, -0.25) is 0 Å². The minimum absolute atomic E-state index is 0.273. The number of ether oxygens (including phenoxy) is 1. The van der Waals surface area contributed by atoms with E-state index in [1.807, 2.05) is 23.8 Å². The van der Waals surface area contributed by atoms with Gasteiger partial charge in [0.2, 0.25) is 0 Å². The van der Waals surface area contributed by atoms with Crippen molar-refractivity contribution >= 4 is 14.4 Å². The first kappa shape index (κ1) is 18.1. The van der Waals surface area contributed by atoms with Crippen LogP contribution in [-0.4, -0.2) is 31.1 Å². The molecule has 1 aromatic rings. The SMILES string of the molecule is CCOCn1cnc(/C=C\CCO[Si](C)(C)C(C)(C)C)c1. The Morgan fingerprint density at radius 1 is 1.33 bits per heavy atom. The quantitative estimate of drug-likeness (QED) is 0.530. The second-order valence-corrected chi connectivity index (χ2v) is 11.5. The molecule has 0 unspecified atom stereocenters. The van der Waals surface area contributed by atoms with Gasteiger partial charge in [-0.1, -0.05) is 26.8 Å². The summed E-state index contributed by atoms with van der Waals surface area (Å²) in [7, 11) is -1.62. The molecule has 4 nitrogen and oxygen atoms in total. The van der Waals surface area contributed by atoms with Crippen LogP contribution in [0.2, 0.25) is 18.1 Å². The van der Waals surface area contributed by atoms with Crippen LogP contribution in [0.15, 0.2) is 18.6 Å². The van der Waals surface area contributed by atoms with Crippen molar-refractivity contribution in [2.24, 2.45) is 0 Å². The molecule has 0 spiro atoms. The predicted molar refractivity (Wildman–Crippen MR) is 90.7 cm³/mol. The number of imidazole rings is 1. The molecular weight excluding hydrogens is 280 g/mol. The van der Waals surface area contributed by atoms with E-state index < -0.39 is 8.32 Å². The molecule has 120 valence electrons. The fraction of sp³-hybridized carbons (Fsp3) is 0.688. The van der Waals surface area contributed by atoms with Crippen LogP contribution in [-0.2, 0) is 15.9 Å². The number of hydrogen-bond donors (Lipinski definition) is 0. The highest BCUT2D eigenvalue weighted by Crippen LogP contribution is 2.36. The monoisotopic (exact) mass is 310 g/mol. The number of hydrogen-bond acceptors (Lipinski definition) is 3. The summed E-state index contributed by atoms with van der Waals surface area (Å²) in [5.74, 6) is 0. The molecule has 1 heterocycles. The molecule has 0 saturated carbocycles. The Morgan fingerprint density at radius 2 is 2.05 bits per heavy atom. The largest absolute Gasteiger partial charge is 0.417 e. The molecule has 0 atom stereocenters. The number of nitrogens with zero attached hydrogens (tertiary/aromatic N) is 2. The van der Waals surface area contributed by atoms with Crippen molar-refractivity contribution in [3.8, 4) is 0 Å². The smallest absolute Gasteiger partial charge is 0.191 e. The summed E-state index contributed by atoms with van der Waals surface area (Å²) < 4.78 is 13.4. The van der Waals surface area contributed by atoms with Crippen molar-refractivity contribution in [1.29, 1.82) is 0 Å². The maximum absolute atomic E-state index is 6.13. The third-order valence-electron chi connectivity index (χ3n) is 3.94. The summed E-state index contributed by atoms with van der Waals surface area (Å²) in [6.45, 7) is 15.4. The average Bonchev–Trinajstić information content (AvgIpc) is 2.82. The number of aromatic nitrogens is 2. The van der Waals surface area contributed by atoms with Crippen molar-refractivity contribution < 1.29 is 9.16 Å². The van der Waals surface area contributed by atoms with Crippen molar-refractivity contribution in [2.75, 3.05) is 13.2 Å². The molecule has 5 heteroatoms. The average molecular weight is 311 g/mol. The standard InChI is InChI=1S/C16H30N2O2Si/c1-7-19-14-18-12-15(17-13-18)10-8-9-11-20-21(5,6)16(2,3)4/h8,10,12-13H,7,9,11,14H2,1-6H3/b10-8-. The van der Waals surface area contributed by atoms with E-state index in [2.05, 4.69) is 44.9 Å². The molecule has 0 radical (unpaired) electrons. The van der Waals surface area contributed by atoms with Gasteiger partial charge in [0.25, 0.3) is 0 Å². The third-order valence-corrected chi connectivity index (χ3v) is 8.48. The topological polar surface area (TPSA) is 36.3 Å². The Kier molecular flexibility index (Phi) is 6.84. The van der Waals surface area contributed by atoms with E-state index in [0.717, 1.165) is 18.7 Å². The molecule has 0 bridgehead atoms. The summed E-state index contributed by atoms with van der Waals surface area (Å²) >= 11 is 0. The van der Waals surface area contributed by atoms with Gasteiger partial charge < -0.3 is 13.7 Å². The lowest BCUT2D eigenvalue weighted by molar-refractivity contribution is 0.0877. The van der Waals surface area contributed by atoms with Gasteiger partial charge >= 0.3 is 0 Å². The summed E-state index contributed by atoms with van der Waals surface area (Å²) in [6.07, 6.45) is 8.87. The lowest BCUT2D eigenvalue weighted by Crippen LogP contribution is -2.40. The van der Waals surface area contributed by atoms with Crippen LogP contribution in [0.4, 0.5) is 0 Å². The maximum Gasteiger partial charge on any atom is 0.191 e. The molecular formula is C16H30N2O2Si. The fourth-order valence-corrected chi connectivity index (χ4v) is 2.59. The molecule has 21 heavy (non-hydrogen) atoms. The van der Waals surface area contributed by atoms with Crippen LogP contribution in [0.1, 0.15) is 39.8 Å². The third kappa shape index (κ3) is 6.16. The van der Waals surface area contributed by atoms with Crippen LogP contribution >= 0.6 is 0 Å². The first-order chi connectivity index (χ1) is 9.76. The predicted octanol–water partition coefficient (Wildman–Crippen LogP) is 4.30. The van der Waals surface area contributed by atoms with Gasteiger partial charge in [-0.05, 0) is 37.6 Å². The zero-order valence-corrected chi connectivity index (χ0v) is 15.3. The first-order valence-electron chi connectivity index (χ1n) is 7.66. The van der Waals surface area contributed by atoms with E-state index in [1.165, 1.54) is 0 Å². The fourth-order valence-electron chi connectivity index (χ4n) is 1.53. The van der Waals surface area contributed by atoms with Crippen LogP contribution < -0.4 is 0 Å². The van der Waals surface area contributed by atoms with Crippen LogP contribution in [0.25, 0.3) is 6.08 Å². The molecule has 0 aliphatic rings. The van der Waals surface area contributed by atoms with Crippen molar-refractivity contribution in [1.82, 2.24) is 9.55 Å². The zero-order chi connectivity index (χ0) is 15.9. The van der Waals surface area contributed by atoms with Crippen LogP contribution in [0, 0.1) is 0 Å². The molecule has 0 fully saturated rings. The lowest BCUT2D eigenvalue weighted by atomic mass is 10.2. The van der Waals surface area contributed by atoms with Gasteiger partial charge in [0.15, 0.2) is 8.32 Å². The highest BCUT2D eigenvalue weighted by molar-refractivity contribution is 6.74. The van der Waals surface area contributed by atoms with E-state index in [0.29, 0.717) is 13.3 Å². The van der Waals surface area contributed by atoms with Gasteiger partial charge in [-0.2, -0.15) is 0 Å². The number of rotatable bonds is 8. The second-order valence-electron chi connectivity index (χ2n) is 6.73. The minimum atomic E-state index is -1.62. The summed E-state index contributed by atoms with van der Waals surface area (Å²) in [4.78, 5) is 4.32. The highest BCUT2D eigenvalue weighted by Gasteiger charge is 2.36. The molecule has 1 aromatic heterocycles. The van der Waals surface area contributed by atoms with Crippen LogP contribution in [0.5, 0.6) is 0 Å². The van der Waals surface area contributed by atoms with Crippen molar-refractivity contribution in [2.45, 2.75) is 59.0 Å². The summed E-state index contributed by atoms with van der Waals surface area (Å²) in [5, 5.41) is 0.273. The second kappa shape index (κ2) is 7.92. The first-order valence-corrected chi connectivity index (χ1v) is 10.6. The Morgan fingerprint density at radius 3 is 2.67 bits per heavy atom. The van der Waals surface area contributed by atoms with Gasteiger partial charge in [0.1, 0.15) is 6.73 Å². The Balaban J connectivity index is 2.34. The summed E-state index contributed by atoms with van der Waals surface area (Å²) in [6, 6.07) is 0. The molecule has 0 amide bonds.